The van der Waals surface area contributed by atoms with Crippen LogP contribution in [0, 0.1) is 6.92 Å². The summed E-state index contributed by atoms with van der Waals surface area (Å²) in [5, 5.41) is 3.93. The van der Waals surface area contributed by atoms with Crippen molar-refractivity contribution in [1.29, 1.82) is 0 Å². The SMILES string of the molecule is Cc1ccc(-c2c(C(F)(F)F)ccnc2C(N)=O)cc1C1=Cc2cnc(Nc3cncs3)nc2N2CCN=C12. The lowest BCUT2D eigenvalue weighted by Gasteiger charge is -2.28. The number of fused-ring (bicyclic) bond motifs is 3. The van der Waals surface area contributed by atoms with E-state index in [1.54, 1.807) is 30.0 Å². The molecule has 1 amide bonds. The summed E-state index contributed by atoms with van der Waals surface area (Å²) in [7, 11) is 0. The van der Waals surface area contributed by atoms with E-state index in [1.807, 2.05) is 17.9 Å². The lowest BCUT2D eigenvalue weighted by molar-refractivity contribution is -0.137. The maximum atomic E-state index is 14.0. The Morgan fingerprint density at radius 1 is 1.18 bits per heavy atom. The van der Waals surface area contributed by atoms with E-state index in [0.717, 1.165) is 28.4 Å². The van der Waals surface area contributed by atoms with E-state index in [0.29, 0.717) is 41.8 Å². The quantitative estimate of drug-likeness (QED) is 0.362. The van der Waals surface area contributed by atoms with Gasteiger partial charge in [0.1, 0.15) is 22.3 Å². The van der Waals surface area contributed by atoms with E-state index in [4.69, 9.17) is 5.73 Å². The summed E-state index contributed by atoms with van der Waals surface area (Å²) in [5.41, 5.74) is 8.42. The number of nitrogens with one attached hydrogen (secondary N) is 1. The van der Waals surface area contributed by atoms with Crippen molar-refractivity contribution in [3.63, 3.8) is 0 Å². The zero-order valence-corrected chi connectivity index (χ0v) is 21.1. The fourth-order valence-electron chi connectivity index (χ4n) is 4.70. The van der Waals surface area contributed by atoms with Crippen molar-refractivity contribution in [2.24, 2.45) is 10.7 Å². The molecule has 5 heterocycles. The van der Waals surface area contributed by atoms with E-state index in [1.165, 1.54) is 17.4 Å². The number of alkyl halides is 3. The van der Waals surface area contributed by atoms with E-state index in [2.05, 4.69) is 30.2 Å². The number of amidine groups is 1. The Bertz CT molecular complexity index is 1680. The minimum Gasteiger partial charge on any atom is -0.364 e. The molecule has 2 aliphatic rings. The van der Waals surface area contributed by atoms with Gasteiger partial charge >= 0.3 is 6.18 Å². The van der Waals surface area contributed by atoms with Crippen molar-refractivity contribution >= 4 is 51.5 Å². The highest BCUT2D eigenvalue weighted by Gasteiger charge is 2.37. The molecule has 0 fully saturated rings. The number of benzene rings is 1. The third-order valence-electron chi connectivity index (χ3n) is 6.41. The van der Waals surface area contributed by atoms with E-state index in [9.17, 15) is 18.0 Å². The molecule has 0 saturated carbocycles. The van der Waals surface area contributed by atoms with Crippen molar-refractivity contribution in [3.05, 3.63) is 76.3 Å². The minimum atomic E-state index is -4.72. The van der Waals surface area contributed by atoms with E-state index < -0.39 is 23.3 Å². The van der Waals surface area contributed by atoms with Gasteiger partial charge in [-0.15, -0.1) is 11.3 Å². The van der Waals surface area contributed by atoms with Gasteiger partial charge in [-0.2, -0.15) is 18.2 Å². The Hall–Kier alpha value is -4.65. The van der Waals surface area contributed by atoms with Crippen molar-refractivity contribution in [2.45, 2.75) is 13.1 Å². The van der Waals surface area contributed by atoms with Gasteiger partial charge in [0, 0.05) is 35.6 Å². The van der Waals surface area contributed by atoms with Gasteiger partial charge in [0.15, 0.2) is 0 Å². The van der Waals surface area contributed by atoms with Crippen LogP contribution in [0.5, 0.6) is 0 Å². The number of aliphatic imine (C=N–C) groups is 1. The number of anilines is 3. The monoisotopic (exact) mass is 548 g/mol. The van der Waals surface area contributed by atoms with Gasteiger partial charge in [-0.3, -0.25) is 19.8 Å². The molecule has 9 nitrogen and oxygen atoms in total. The molecule has 0 spiro atoms. The van der Waals surface area contributed by atoms with E-state index >= 15 is 0 Å². The van der Waals surface area contributed by atoms with Crippen molar-refractivity contribution in [2.75, 3.05) is 23.3 Å². The predicted molar refractivity (Wildman–Crippen MR) is 143 cm³/mol. The van der Waals surface area contributed by atoms with Crippen LogP contribution in [0.3, 0.4) is 0 Å². The van der Waals surface area contributed by atoms with Crippen LogP contribution in [0.2, 0.25) is 0 Å². The first-order valence-corrected chi connectivity index (χ1v) is 12.6. The number of hydrogen-bond acceptors (Lipinski definition) is 9. The van der Waals surface area contributed by atoms with E-state index in [-0.39, 0.29) is 11.1 Å². The molecule has 0 saturated heterocycles. The van der Waals surface area contributed by atoms with Gasteiger partial charge in [-0.1, -0.05) is 12.1 Å². The van der Waals surface area contributed by atoms with Gasteiger partial charge < -0.3 is 16.0 Å². The van der Waals surface area contributed by atoms with Crippen LogP contribution in [-0.2, 0) is 6.18 Å². The van der Waals surface area contributed by atoms with Gasteiger partial charge in [-0.05, 0) is 41.8 Å². The summed E-state index contributed by atoms with van der Waals surface area (Å²) in [6.07, 6.45) is 1.46. The lowest BCUT2D eigenvalue weighted by Crippen LogP contribution is -2.32. The van der Waals surface area contributed by atoms with Crippen LogP contribution >= 0.6 is 11.3 Å². The first kappa shape index (κ1) is 24.7. The molecule has 0 radical (unpaired) electrons. The molecule has 0 aliphatic carbocycles. The molecule has 13 heteroatoms. The first-order valence-electron chi connectivity index (χ1n) is 11.7. The highest BCUT2D eigenvalue weighted by Crippen LogP contribution is 2.41. The van der Waals surface area contributed by atoms with Crippen LogP contribution < -0.4 is 16.0 Å². The summed E-state index contributed by atoms with van der Waals surface area (Å²) in [6.45, 7) is 2.97. The van der Waals surface area contributed by atoms with Gasteiger partial charge in [0.05, 0.1) is 23.8 Å². The zero-order valence-electron chi connectivity index (χ0n) is 20.3. The number of pyridine rings is 1. The standard InChI is InChI=1S/C26H19F3N8OS/c1-13-2-3-14(20-18(26(27,28)29)4-5-32-21(20)22(30)38)8-16(13)17-9-15-10-34-25(35-19-11-31-12-39-19)36-23(15)37-7-6-33-24(17)37/h2-5,8-12H,6-7H2,1H3,(H2,30,38)(H,34,35,36). The number of primary amides is 1. The van der Waals surface area contributed by atoms with Crippen LogP contribution in [-0.4, -0.2) is 44.8 Å². The van der Waals surface area contributed by atoms with Crippen LogP contribution in [0.1, 0.15) is 32.7 Å². The number of halogens is 3. The average Bonchev–Trinajstić information content (AvgIpc) is 3.60. The number of nitrogens with zero attached hydrogens (tertiary/aromatic N) is 6. The molecule has 2 aliphatic heterocycles. The van der Waals surface area contributed by atoms with Crippen molar-refractivity contribution in [1.82, 2.24) is 19.9 Å². The number of hydrogen-bond donors (Lipinski definition) is 2. The highest BCUT2D eigenvalue weighted by molar-refractivity contribution is 7.13. The Kier molecular flexibility index (Phi) is 5.87. The molecule has 3 aromatic heterocycles. The maximum absolute atomic E-state index is 14.0. The number of carbonyl (C=O) groups excluding carboxylic acids is 1. The second-order valence-electron chi connectivity index (χ2n) is 8.85. The smallest absolute Gasteiger partial charge is 0.364 e. The van der Waals surface area contributed by atoms with Gasteiger partial charge in [0.2, 0.25) is 5.95 Å². The third-order valence-corrected chi connectivity index (χ3v) is 7.10. The van der Waals surface area contributed by atoms with Crippen LogP contribution in [0.25, 0.3) is 22.8 Å². The highest BCUT2D eigenvalue weighted by atomic mass is 32.1. The molecule has 1 aromatic carbocycles. The second-order valence-corrected chi connectivity index (χ2v) is 9.74. The number of thiazole rings is 1. The van der Waals surface area contributed by atoms with Gasteiger partial charge in [-0.25, -0.2) is 4.98 Å². The number of carbonyl (C=O) groups is 1. The molecule has 196 valence electrons. The Balaban J connectivity index is 1.48. The Labute approximate surface area is 224 Å². The predicted octanol–water partition coefficient (Wildman–Crippen LogP) is 4.94. The van der Waals surface area contributed by atoms with Crippen molar-refractivity contribution in [3.8, 4) is 11.1 Å². The normalized spacial score (nSPS) is 14.4. The Morgan fingerprint density at radius 3 is 2.77 bits per heavy atom. The summed E-state index contributed by atoms with van der Waals surface area (Å²) < 4.78 is 41.9. The molecule has 0 unspecified atom stereocenters. The summed E-state index contributed by atoms with van der Waals surface area (Å²) >= 11 is 1.42. The lowest BCUT2D eigenvalue weighted by atomic mass is 9.90. The number of nitrogens with two attached hydrogens (primary N) is 1. The fraction of sp³-hybridized carbons (Fsp3) is 0.154. The summed E-state index contributed by atoms with van der Waals surface area (Å²) in [4.78, 5) is 35.8. The minimum absolute atomic E-state index is 0.169. The molecule has 6 rings (SSSR count). The summed E-state index contributed by atoms with van der Waals surface area (Å²) in [5.74, 6) is 0.695. The maximum Gasteiger partial charge on any atom is 0.417 e. The number of aromatic nitrogens is 4. The molecular formula is C26H19F3N8OS. The summed E-state index contributed by atoms with van der Waals surface area (Å²) in [6, 6.07) is 5.70. The topological polar surface area (TPSA) is 122 Å². The van der Waals surface area contributed by atoms with Crippen LogP contribution in [0.4, 0.5) is 29.9 Å². The van der Waals surface area contributed by atoms with Gasteiger partial charge in [0.25, 0.3) is 5.91 Å². The average molecular weight is 549 g/mol. The number of amides is 1. The zero-order chi connectivity index (χ0) is 27.3. The molecule has 4 aromatic rings. The van der Waals surface area contributed by atoms with Crippen LogP contribution in [0.15, 0.2) is 53.4 Å². The first-order chi connectivity index (χ1) is 18.7. The molecule has 0 atom stereocenters. The Morgan fingerprint density at radius 2 is 2.03 bits per heavy atom. The second kappa shape index (κ2) is 9.27. The van der Waals surface area contributed by atoms with Crippen molar-refractivity contribution < 1.29 is 18.0 Å². The number of aryl methyl sites for hydroxylation is 1. The number of rotatable bonds is 5. The molecule has 3 N–H and O–H groups in total. The molecule has 0 bridgehead atoms. The third kappa shape index (κ3) is 4.40. The fourth-order valence-corrected chi connectivity index (χ4v) is 5.20. The molecular weight excluding hydrogens is 529 g/mol. The molecule has 39 heavy (non-hydrogen) atoms. The largest absolute Gasteiger partial charge is 0.417 e.